The molecule has 0 saturated carbocycles. The van der Waals surface area contributed by atoms with E-state index in [1.165, 1.54) is 12.1 Å². The standard InChI is InChI=1S/C20H27ClN4O3S.HI/c1-3-23-20(25-14-15(2)28-18-8-6-17(21)7-9-18)24-13-12-16-4-10-19(11-5-16)29(22,26)27;/h4-11,15H,3,12-14H2,1-2H3,(H2,22,26,27)(H2,23,24,25);1H. The van der Waals surface area contributed by atoms with Gasteiger partial charge >= 0.3 is 0 Å². The molecule has 0 radical (unpaired) electrons. The van der Waals surface area contributed by atoms with Gasteiger partial charge in [-0.3, -0.25) is 0 Å². The Labute approximate surface area is 200 Å². The summed E-state index contributed by atoms with van der Waals surface area (Å²) in [5.41, 5.74) is 1.00. The lowest BCUT2D eigenvalue weighted by molar-refractivity contribution is 0.230. The normalized spacial score (nSPS) is 12.6. The lowest BCUT2D eigenvalue weighted by Crippen LogP contribution is -2.39. The van der Waals surface area contributed by atoms with Crippen molar-refractivity contribution in [2.75, 3.05) is 19.6 Å². The number of benzene rings is 2. The van der Waals surface area contributed by atoms with Gasteiger partial charge in [0.25, 0.3) is 0 Å². The van der Waals surface area contributed by atoms with Gasteiger partial charge in [-0.25, -0.2) is 18.5 Å². The highest BCUT2D eigenvalue weighted by Crippen LogP contribution is 2.16. The largest absolute Gasteiger partial charge is 0.489 e. The minimum atomic E-state index is -3.66. The Hall–Kier alpha value is -1.56. The zero-order valence-electron chi connectivity index (χ0n) is 17.0. The van der Waals surface area contributed by atoms with Gasteiger partial charge in [-0.15, -0.1) is 24.0 Å². The quantitative estimate of drug-likeness (QED) is 0.246. The SMILES string of the molecule is CCNC(=NCC(C)Oc1ccc(Cl)cc1)NCCc1ccc(S(N)(=O)=O)cc1.I. The first-order chi connectivity index (χ1) is 13.8. The molecular weight excluding hydrogens is 539 g/mol. The lowest BCUT2D eigenvalue weighted by atomic mass is 10.1. The van der Waals surface area contributed by atoms with E-state index in [1.807, 2.05) is 26.0 Å². The van der Waals surface area contributed by atoms with Crippen LogP contribution in [0.15, 0.2) is 58.4 Å². The second-order valence-corrected chi connectivity index (χ2v) is 8.47. The average Bonchev–Trinajstić information content (AvgIpc) is 2.67. The first-order valence-electron chi connectivity index (χ1n) is 9.34. The molecule has 2 rings (SSSR count). The van der Waals surface area contributed by atoms with Crippen LogP contribution in [0.3, 0.4) is 0 Å². The van der Waals surface area contributed by atoms with Gasteiger partial charge in [0.05, 0.1) is 11.4 Å². The van der Waals surface area contributed by atoms with Crippen LogP contribution in [0, 0.1) is 0 Å². The van der Waals surface area contributed by atoms with Crippen molar-refractivity contribution in [3.8, 4) is 5.75 Å². The predicted molar refractivity (Wildman–Crippen MR) is 132 cm³/mol. The van der Waals surface area contributed by atoms with Crippen LogP contribution in [0.4, 0.5) is 0 Å². The Morgan fingerprint density at radius 2 is 1.77 bits per heavy atom. The Kier molecular flexibility index (Phi) is 11.5. The maximum atomic E-state index is 11.3. The number of halogens is 2. The maximum Gasteiger partial charge on any atom is 0.238 e. The van der Waals surface area contributed by atoms with Crippen molar-refractivity contribution in [2.24, 2.45) is 10.1 Å². The molecule has 0 amide bonds. The van der Waals surface area contributed by atoms with E-state index in [0.717, 1.165) is 17.9 Å². The summed E-state index contributed by atoms with van der Waals surface area (Å²) in [6, 6.07) is 13.8. The molecule has 0 aliphatic rings. The van der Waals surface area contributed by atoms with Gasteiger partial charge in [0.2, 0.25) is 10.0 Å². The molecule has 0 fully saturated rings. The summed E-state index contributed by atoms with van der Waals surface area (Å²) >= 11 is 5.88. The zero-order valence-corrected chi connectivity index (χ0v) is 20.9. The van der Waals surface area contributed by atoms with Crippen LogP contribution in [-0.4, -0.2) is 40.1 Å². The molecule has 2 aromatic rings. The number of hydrogen-bond donors (Lipinski definition) is 3. The van der Waals surface area contributed by atoms with Crippen molar-refractivity contribution in [1.82, 2.24) is 10.6 Å². The molecule has 0 aliphatic heterocycles. The highest BCUT2D eigenvalue weighted by atomic mass is 127. The van der Waals surface area contributed by atoms with Gasteiger partial charge in [-0.2, -0.15) is 0 Å². The van der Waals surface area contributed by atoms with E-state index < -0.39 is 10.0 Å². The Morgan fingerprint density at radius 1 is 1.13 bits per heavy atom. The van der Waals surface area contributed by atoms with Crippen molar-refractivity contribution < 1.29 is 13.2 Å². The third-order valence-corrected chi connectivity index (χ3v) is 5.14. The molecule has 10 heteroatoms. The molecule has 0 heterocycles. The molecule has 30 heavy (non-hydrogen) atoms. The lowest BCUT2D eigenvalue weighted by Gasteiger charge is -2.15. The second-order valence-electron chi connectivity index (χ2n) is 6.47. The van der Waals surface area contributed by atoms with E-state index in [9.17, 15) is 8.42 Å². The fourth-order valence-electron chi connectivity index (χ4n) is 2.52. The fourth-order valence-corrected chi connectivity index (χ4v) is 3.16. The highest BCUT2D eigenvalue weighted by molar-refractivity contribution is 14.0. The van der Waals surface area contributed by atoms with Gasteiger partial charge in [-0.05, 0) is 62.2 Å². The summed E-state index contributed by atoms with van der Waals surface area (Å²) in [5, 5.41) is 12.2. The molecule has 1 unspecified atom stereocenters. The van der Waals surface area contributed by atoms with Crippen LogP contribution >= 0.6 is 35.6 Å². The smallest absolute Gasteiger partial charge is 0.238 e. The molecule has 0 bridgehead atoms. The number of guanidine groups is 1. The molecule has 4 N–H and O–H groups in total. The van der Waals surface area contributed by atoms with Crippen molar-refractivity contribution in [1.29, 1.82) is 0 Å². The number of ether oxygens (including phenoxy) is 1. The van der Waals surface area contributed by atoms with Crippen LogP contribution < -0.4 is 20.5 Å². The summed E-state index contributed by atoms with van der Waals surface area (Å²) in [4.78, 5) is 4.66. The number of sulfonamides is 1. The number of hydrogen-bond acceptors (Lipinski definition) is 4. The van der Waals surface area contributed by atoms with Gasteiger partial charge in [0.15, 0.2) is 5.96 Å². The van der Waals surface area contributed by atoms with E-state index in [1.54, 1.807) is 24.3 Å². The Balaban J connectivity index is 0.00000450. The van der Waals surface area contributed by atoms with Crippen molar-refractivity contribution in [2.45, 2.75) is 31.3 Å². The van der Waals surface area contributed by atoms with Crippen molar-refractivity contribution in [3.63, 3.8) is 0 Å². The monoisotopic (exact) mass is 566 g/mol. The summed E-state index contributed by atoms with van der Waals surface area (Å²) in [5.74, 6) is 1.44. The van der Waals surface area contributed by atoms with Gasteiger partial charge in [-0.1, -0.05) is 23.7 Å². The third kappa shape index (κ3) is 9.50. The molecule has 166 valence electrons. The minimum absolute atomic E-state index is 0. The topological polar surface area (TPSA) is 106 Å². The van der Waals surface area contributed by atoms with E-state index in [4.69, 9.17) is 21.5 Å². The van der Waals surface area contributed by atoms with E-state index >= 15 is 0 Å². The summed E-state index contributed by atoms with van der Waals surface area (Å²) < 4.78 is 28.4. The minimum Gasteiger partial charge on any atom is -0.489 e. The van der Waals surface area contributed by atoms with E-state index in [0.29, 0.717) is 30.5 Å². The van der Waals surface area contributed by atoms with Crippen LogP contribution in [0.5, 0.6) is 5.75 Å². The highest BCUT2D eigenvalue weighted by Gasteiger charge is 2.07. The number of nitrogens with zero attached hydrogens (tertiary/aromatic N) is 1. The number of nitrogens with one attached hydrogen (secondary N) is 2. The zero-order chi connectivity index (χ0) is 21.3. The molecule has 0 aromatic heterocycles. The maximum absolute atomic E-state index is 11.3. The average molecular weight is 567 g/mol. The van der Waals surface area contributed by atoms with Gasteiger partial charge in [0, 0.05) is 18.1 Å². The molecule has 2 aromatic carbocycles. The first-order valence-corrected chi connectivity index (χ1v) is 11.3. The third-order valence-electron chi connectivity index (χ3n) is 3.96. The summed E-state index contributed by atoms with van der Waals surface area (Å²) in [7, 11) is -3.66. The summed E-state index contributed by atoms with van der Waals surface area (Å²) in [6.45, 7) is 5.82. The number of rotatable bonds is 9. The Morgan fingerprint density at radius 3 is 2.33 bits per heavy atom. The molecule has 0 spiro atoms. The number of primary sulfonamides is 1. The first kappa shape index (κ1) is 26.5. The molecule has 0 saturated heterocycles. The van der Waals surface area contributed by atoms with Crippen molar-refractivity contribution in [3.05, 3.63) is 59.1 Å². The van der Waals surface area contributed by atoms with Crippen LogP contribution in [-0.2, 0) is 16.4 Å². The number of nitrogens with two attached hydrogens (primary N) is 1. The number of aliphatic imine (C=N–C) groups is 1. The van der Waals surface area contributed by atoms with Gasteiger partial charge in [0.1, 0.15) is 11.9 Å². The Bertz CT molecular complexity index is 907. The predicted octanol–water partition coefficient (Wildman–Crippen LogP) is 3.17. The van der Waals surface area contributed by atoms with Crippen molar-refractivity contribution >= 4 is 51.6 Å². The van der Waals surface area contributed by atoms with E-state index in [-0.39, 0.29) is 35.0 Å². The molecule has 7 nitrogen and oxygen atoms in total. The fraction of sp³-hybridized carbons (Fsp3) is 0.350. The van der Waals surface area contributed by atoms with Crippen LogP contribution in [0.1, 0.15) is 19.4 Å². The van der Waals surface area contributed by atoms with E-state index in [2.05, 4.69) is 15.6 Å². The molecule has 1 atom stereocenters. The van der Waals surface area contributed by atoms with Crippen LogP contribution in [0.25, 0.3) is 0 Å². The second kappa shape index (κ2) is 13.0. The van der Waals surface area contributed by atoms with Gasteiger partial charge < -0.3 is 15.4 Å². The summed E-state index contributed by atoms with van der Waals surface area (Å²) in [6.07, 6.45) is 0.615. The molecular formula is C20H28ClIN4O3S. The van der Waals surface area contributed by atoms with Crippen LogP contribution in [0.2, 0.25) is 5.02 Å². The molecule has 0 aliphatic carbocycles.